The molecule has 0 bridgehead atoms. The third-order valence-corrected chi connectivity index (χ3v) is 4.69. The number of Topliss-reactive ketones (excluding diaryl/α,β-unsaturated/α-hetero) is 1. The number of aryl methyl sites for hydroxylation is 1. The average Bonchev–Trinajstić information content (AvgIpc) is 2.61. The zero-order chi connectivity index (χ0) is 17.1. The van der Waals surface area contributed by atoms with E-state index in [4.69, 9.17) is 14.3 Å². The molecule has 0 saturated carbocycles. The van der Waals surface area contributed by atoms with E-state index in [0.29, 0.717) is 19.2 Å². The monoisotopic (exact) mass is 331 g/mol. The van der Waals surface area contributed by atoms with Crippen LogP contribution in [-0.4, -0.2) is 25.1 Å². The Hall–Kier alpha value is -2.01. The van der Waals surface area contributed by atoms with Crippen LogP contribution in [0.4, 0.5) is 0 Å². The predicted molar refractivity (Wildman–Crippen MR) is 90.4 cm³/mol. The molecule has 1 aliphatic carbocycles. The molecule has 3 rings (SSSR count). The predicted octanol–water partition coefficient (Wildman–Crippen LogP) is 3.45. The summed E-state index contributed by atoms with van der Waals surface area (Å²) in [7, 11) is 0. The molecule has 0 radical (unpaired) electrons. The summed E-state index contributed by atoms with van der Waals surface area (Å²) in [6.07, 6.45) is 2.74. The van der Waals surface area contributed by atoms with Crippen molar-refractivity contribution in [1.82, 2.24) is 5.48 Å². The third-order valence-electron chi connectivity index (χ3n) is 4.69. The number of benzene rings is 1. The quantitative estimate of drug-likeness (QED) is 0.661. The summed E-state index contributed by atoms with van der Waals surface area (Å²) >= 11 is 0. The molecule has 0 aromatic heterocycles. The number of ether oxygens (including phenoxy) is 2. The number of hydrogen-bond donors (Lipinski definition) is 1. The molecule has 5 heteroatoms. The van der Waals surface area contributed by atoms with Gasteiger partial charge >= 0.3 is 5.95 Å². The molecule has 2 aliphatic rings. The van der Waals surface area contributed by atoms with Gasteiger partial charge in [0.05, 0.1) is 12.5 Å². The highest BCUT2D eigenvalue weighted by molar-refractivity contribution is 5.94. The van der Waals surface area contributed by atoms with Gasteiger partial charge in [0.2, 0.25) is 0 Å². The molecule has 0 amide bonds. The molecule has 0 spiro atoms. The van der Waals surface area contributed by atoms with Crippen LogP contribution in [0.2, 0.25) is 0 Å². The molecule has 2 atom stereocenters. The van der Waals surface area contributed by atoms with E-state index in [1.807, 2.05) is 26.0 Å². The van der Waals surface area contributed by atoms with Gasteiger partial charge in [0, 0.05) is 5.56 Å². The maximum absolute atomic E-state index is 11.7. The second-order valence-electron chi connectivity index (χ2n) is 6.24. The van der Waals surface area contributed by atoms with Crippen molar-refractivity contribution in [2.24, 2.45) is 0 Å². The Balaban J connectivity index is 1.82. The Bertz CT molecular complexity index is 653. The number of hydrogen-bond acceptors (Lipinski definition) is 5. The fourth-order valence-corrected chi connectivity index (χ4v) is 3.34. The number of carbonyl (C=O) groups is 1. The number of carbonyl (C=O) groups excluding carboxylic acids is 1. The summed E-state index contributed by atoms with van der Waals surface area (Å²) < 4.78 is 12.0. The van der Waals surface area contributed by atoms with Crippen LogP contribution in [0.15, 0.2) is 29.8 Å². The fraction of sp³-hybridized carbons (Fsp3) is 0.526. The Kier molecular flexibility index (Phi) is 5.09. The van der Waals surface area contributed by atoms with E-state index in [9.17, 15) is 4.79 Å². The van der Waals surface area contributed by atoms with E-state index in [-0.39, 0.29) is 17.8 Å². The van der Waals surface area contributed by atoms with Crippen molar-refractivity contribution >= 4 is 5.78 Å². The maximum atomic E-state index is 11.7. The zero-order valence-electron chi connectivity index (χ0n) is 14.6. The molecular formula is C19H25NO4. The van der Waals surface area contributed by atoms with Crippen LogP contribution in [0.1, 0.15) is 61.0 Å². The van der Waals surface area contributed by atoms with Crippen molar-refractivity contribution in [3.8, 4) is 0 Å². The Labute approximate surface area is 142 Å². The fourth-order valence-electron chi connectivity index (χ4n) is 3.34. The summed E-state index contributed by atoms with van der Waals surface area (Å²) in [5, 5.41) is 0. The second-order valence-corrected chi connectivity index (χ2v) is 6.24. The van der Waals surface area contributed by atoms with E-state index in [0.717, 1.165) is 30.5 Å². The highest BCUT2D eigenvalue weighted by Gasteiger charge is 2.37. The molecule has 1 aromatic rings. The Morgan fingerprint density at radius 3 is 2.92 bits per heavy atom. The minimum atomic E-state index is 0.0773. The summed E-state index contributed by atoms with van der Waals surface area (Å²) in [6, 6.07) is 6.00. The first-order valence-electron chi connectivity index (χ1n) is 8.68. The van der Waals surface area contributed by atoms with Crippen molar-refractivity contribution in [3.05, 3.63) is 46.5 Å². The van der Waals surface area contributed by atoms with Crippen LogP contribution < -0.4 is 5.48 Å². The number of rotatable bonds is 5. The lowest BCUT2D eigenvalue weighted by Crippen LogP contribution is -2.37. The van der Waals surface area contributed by atoms with E-state index in [2.05, 4.69) is 11.5 Å². The summed E-state index contributed by atoms with van der Waals surface area (Å²) in [5.41, 5.74) is 6.98. The van der Waals surface area contributed by atoms with Crippen molar-refractivity contribution in [2.75, 3.05) is 13.2 Å². The minimum Gasteiger partial charge on any atom is -0.463 e. The number of fused-ring (bicyclic) bond motifs is 3. The number of allylic oxidation sites excluding steroid dienone is 1. The molecule has 1 aliphatic heterocycles. The Morgan fingerprint density at radius 2 is 2.21 bits per heavy atom. The van der Waals surface area contributed by atoms with E-state index in [1.165, 1.54) is 11.1 Å². The highest BCUT2D eigenvalue weighted by atomic mass is 16.7. The highest BCUT2D eigenvalue weighted by Crippen LogP contribution is 2.39. The summed E-state index contributed by atoms with van der Waals surface area (Å²) in [4.78, 5) is 16.9. The van der Waals surface area contributed by atoms with Crippen molar-refractivity contribution in [3.63, 3.8) is 0 Å². The SMILES string of the molecule is CCONC(CC)=C1OCC2c3cc(C(C)=O)ccc3CCC2O1. The van der Waals surface area contributed by atoms with Gasteiger partial charge < -0.3 is 9.47 Å². The molecule has 24 heavy (non-hydrogen) atoms. The molecule has 1 fully saturated rings. The maximum Gasteiger partial charge on any atom is 0.301 e. The summed E-state index contributed by atoms with van der Waals surface area (Å²) in [5.74, 6) is 0.799. The van der Waals surface area contributed by atoms with Crippen LogP contribution in [0.3, 0.4) is 0 Å². The van der Waals surface area contributed by atoms with Crippen LogP contribution >= 0.6 is 0 Å². The first kappa shape index (κ1) is 16.8. The standard InChI is InChI=1S/C19H25NO4/c1-4-17(20-23-5-2)19-22-11-16-15-10-14(12(3)21)7-6-13(15)8-9-18(16)24-19/h6-7,10,16,18,20H,4-5,8-9,11H2,1-3H3. The molecule has 2 unspecified atom stereocenters. The zero-order valence-corrected chi connectivity index (χ0v) is 14.6. The molecule has 1 aromatic carbocycles. The van der Waals surface area contributed by atoms with Gasteiger partial charge in [-0.25, -0.2) is 0 Å². The van der Waals surface area contributed by atoms with Crippen LogP contribution in [-0.2, 0) is 20.7 Å². The lowest BCUT2D eigenvalue weighted by atomic mass is 9.79. The van der Waals surface area contributed by atoms with Crippen LogP contribution in [0.5, 0.6) is 0 Å². The van der Waals surface area contributed by atoms with Gasteiger partial charge in [-0.2, -0.15) is 0 Å². The van der Waals surface area contributed by atoms with Crippen LogP contribution in [0, 0.1) is 0 Å². The molecule has 130 valence electrons. The summed E-state index contributed by atoms with van der Waals surface area (Å²) in [6.45, 7) is 6.69. The second kappa shape index (κ2) is 7.26. The number of nitrogens with one attached hydrogen (secondary N) is 1. The van der Waals surface area contributed by atoms with E-state index in [1.54, 1.807) is 6.92 Å². The smallest absolute Gasteiger partial charge is 0.301 e. The normalized spacial score (nSPS) is 24.1. The van der Waals surface area contributed by atoms with E-state index >= 15 is 0 Å². The van der Waals surface area contributed by atoms with Gasteiger partial charge in [-0.3, -0.25) is 15.1 Å². The molecule has 1 heterocycles. The van der Waals surface area contributed by atoms with Gasteiger partial charge in [-0.15, -0.1) is 0 Å². The lowest BCUT2D eigenvalue weighted by molar-refractivity contribution is -0.0925. The largest absolute Gasteiger partial charge is 0.463 e. The van der Waals surface area contributed by atoms with Gasteiger partial charge in [0.1, 0.15) is 18.4 Å². The lowest BCUT2D eigenvalue weighted by Gasteiger charge is -2.38. The van der Waals surface area contributed by atoms with Gasteiger partial charge in [0.25, 0.3) is 0 Å². The molecule has 1 N–H and O–H groups in total. The van der Waals surface area contributed by atoms with Crippen molar-refractivity contribution in [1.29, 1.82) is 0 Å². The number of hydroxylamine groups is 1. The third kappa shape index (κ3) is 3.26. The van der Waals surface area contributed by atoms with Gasteiger partial charge in [-0.1, -0.05) is 19.1 Å². The van der Waals surface area contributed by atoms with Gasteiger partial charge in [-0.05, 0) is 50.3 Å². The van der Waals surface area contributed by atoms with Crippen molar-refractivity contribution in [2.45, 2.75) is 52.1 Å². The first-order valence-corrected chi connectivity index (χ1v) is 8.68. The van der Waals surface area contributed by atoms with Gasteiger partial charge in [0.15, 0.2) is 5.78 Å². The first-order chi connectivity index (χ1) is 11.6. The Morgan fingerprint density at radius 1 is 1.38 bits per heavy atom. The van der Waals surface area contributed by atoms with E-state index < -0.39 is 0 Å². The molecular weight excluding hydrogens is 306 g/mol. The topological polar surface area (TPSA) is 56.8 Å². The number of ketones is 1. The minimum absolute atomic E-state index is 0.0773. The molecule has 5 nitrogen and oxygen atoms in total. The van der Waals surface area contributed by atoms with Crippen LogP contribution in [0.25, 0.3) is 0 Å². The molecule has 1 saturated heterocycles. The average molecular weight is 331 g/mol. The van der Waals surface area contributed by atoms with Crippen molar-refractivity contribution < 1.29 is 19.1 Å².